The number of esters is 2. The average Bonchev–Trinajstić information content (AvgIpc) is 2.79. The van der Waals surface area contributed by atoms with Crippen LogP contribution in [0.4, 0.5) is 0 Å². The van der Waals surface area contributed by atoms with Gasteiger partial charge >= 0.3 is 11.9 Å². The number of hydrogen-bond donors (Lipinski definition) is 0. The molecule has 1 aliphatic rings. The van der Waals surface area contributed by atoms with Crippen LogP contribution >= 0.6 is 0 Å². The summed E-state index contributed by atoms with van der Waals surface area (Å²) in [5, 5.41) is 0. The molecule has 1 aromatic rings. The van der Waals surface area contributed by atoms with E-state index in [1.54, 1.807) is 6.07 Å². The van der Waals surface area contributed by atoms with Crippen molar-refractivity contribution in [1.29, 1.82) is 0 Å². The van der Waals surface area contributed by atoms with E-state index in [4.69, 9.17) is 4.74 Å². The minimum atomic E-state index is -0.199. The first kappa shape index (κ1) is 14.2. The van der Waals surface area contributed by atoms with Gasteiger partial charge in [0.15, 0.2) is 0 Å². The number of rotatable bonds is 3. The van der Waals surface area contributed by atoms with Crippen LogP contribution in [0, 0.1) is 0 Å². The third-order valence-corrected chi connectivity index (χ3v) is 2.56. The number of unbranched alkanes of at least 4 members (excludes halogenated alkanes) is 1. The van der Waals surface area contributed by atoms with Crippen molar-refractivity contribution in [3.8, 4) is 0 Å². The molecular weight excluding hydrogens is 232 g/mol. The zero-order valence-electron chi connectivity index (χ0n) is 10.8. The van der Waals surface area contributed by atoms with Gasteiger partial charge in [-0.1, -0.05) is 31.5 Å². The monoisotopic (exact) mass is 250 g/mol. The van der Waals surface area contributed by atoms with Crippen LogP contribution in [0.3, 0.4) is 0 Å². The Morgan fingerprint density at radius 2 is 2.11 bits per heavy atom. The summed E-state index contributed by atoms with van der Waals surface area (Å²) >= 11 is 0. The van der Waals surface area contributed by atoms with Crippen molar-refractivity contribution in [2.24, 2.45) is 0 Å². The first-order chi connectivity index (χ1) is 8.69. The normalized spacial score (nSPS) is 12.0. The molecule has 2 rings (SSSR count). The van der Waals surface area contributed by atoms with Gasteiger partial charge in [-0.15, -0.1) is 0 Å². The average molecular weight is 250 g/mol. The van der Waals surface area contributed by atoms with Gasteiger partial charge in [0.25, 0.3) is 0 Å². The van der Waals surface area contributed by atoms with Crippen LogP contribution in [-0.4, -0.2) is 19.0 Å². The molecule has 0 N–H and O–H groups in total. The second kappa shape index (κ2) is 7.48. The van der Waals surface area contributed by atoms with Gasteiger partial charge in [0.2, 0.25) is 0 Å². The van der Waals surface area contributed by atoms with Gasteiger partial charge in [-0.2, -0.15) is 0 Å². The summed E-state index contributed by atoms with van der Waals surface area (Å²) in [4.78, 5) is 21.2. The zero-order chi connectivity index (χ0) is 13.4. The van der Waals surface area contributed by atoms with E-state index in [-0.39, 0.29) is 11.9 Å². The van der Waals surface area contributed by atoms with E-state index in [1.165, 1.54) is 7.11 Å². The van der Waals surface area contributed by atoms with Gasteiger partial charge in [0, 0.05) is 12.0 Å². The lowest BCUT2D eigenvalue weighted by molar-refractivity contribution is -0.140. The van der Waals surface area contributed by atoms with Crippen molar-refractivity contribution >= 4 is 11.9 Å². The Kier molecular flexibility index (Phi) is 5.91. The molecule has 1 aromatic carbocycles. The van der Waals surface area contributed by atoms with Crippen LogP contribution in [0.25, 0.3) is 0 Å². The van der Waals surface area contributed by atoms with Crippen molar-refractivity contribution in [2.75, 3.05) is 7.11 Å². The molecule has 4 nitrogen and oxygen atoms in total. The standard InChI is InChI=1S/C8H6O2.C6H12O2/c9-8-7-4-2-1-3-6(7)5-10-8;1-3-4-5-6(7)8-2/h1-4H,5H2;3-5H2,1-2H3. The van der Waals surface area contributed by atoms with Crippen LogP contribution in [0.15, 0.2) is 24.3 Å². The van der Waals surface area contributed by atoms with E-state index >= 15 is 0 Å². The zero-order valence-corrected chi connectivity index (χ0v) is 10.8. The lowest BCUT2D eigenvalue weighted by atomic mass is 10.1. The molecule has 98 valence electrons. The maximum Gasteiger partial charge on any atom is 0.338 e. The number of hydrogen-bond acceptors (Lipinski definition) is 4. The first-order valence-electron chi connectivity index (χ1n) is 6.00. The van der Waals surface area contributed by atoms with Crippen molar-refractivity contribution in [3.05, 3.63) is 35.4 Å². The lowest BCUT2D eigenvalue weighted by Gasteiger charge is -1.93. The molecule has 0 unspecified atom stereocenters. The van der Waals surface area contributed by atoms with E-state index in [1.807, 2.05) is 25.1 Å². The summed E-state index contributed by atoms with van der Waals surface area (Å²) in [5.74, 6) is -0.303. The molecule has 0 saturated heterocycles. The molecule has 0 aromatic heterocycles. The molecule has 0 aliphatic carbocycles. The Hall–Kier alpha value is -1.84. The smallest absolute Gasteiger partial charge is 0.338 e. The lowest BCUT2D eigenvalue weighted by Crippen LogP contribution is -1.98. The number of carbonyl (C=O) groups is 2. The van der Waals surface area contributed by atoms with Crippen LogP contribution in [0.2, 0.25) is 0 Å². The highest BCUT2D eigenvalue weighted by Gasteiger charge is 2.18. The van der Waals surface area contributed by atoms with Crippen LogP contribution < -0.4 is 0 Å². The maximum absolute atomic E-state index is 10.8. The third-order valence-electron chi connectivity index (χ3n) is 2.56. The summed E-state index contributed by atoms with van der Waals surface area (Å²) in [6, 6.07) is 7.43. The van der Waals surface area contributed by atoms with E-state index < -0.39 is 0 Å². The molecule has 0 radical (unpaired) electrons. The minimum absolute atomic E-state index is 0.105. The molecular formula is C14H18O4. The quantitative estimate of drug-likeness (QED) is 0.774. The number of cyclic esters (lactones) is 1. The van der Waals surface area contributed by atoms with Crippen molar-refractivity contribution in [2.45, 2.75) is 32.8 Å². The van der Waals surface area contributed by atoms with Gasteiger partial charge in [-0.05, 0) is 12.5 Å². The highest BCUT2D eigenvalue weighted by molar-refractivity contribution is 5.93. The van der Waals surface area contributed by atoms with E-state index in [0.29, 0.717) is 18.6 Å². The highest BCUT2D eigenvalue weighted by Crippen LogP contribution is 2.18. The van der Waals surface area contributed by atoms with E-state index in [2.05, 4.69) is 4.74 Å². The molecule has 0 bridgehead atoms. The van der Waals surface area contributed by atoms with E-state index in [0.717, 1.165) is 18.4 Å². The highest BCUT2D eigenvalue weighted by atomic mass is 16.5. The Bertz CT molecular complexity index is 412. The largest absolute Gasteiger partial charge is 0.469 e. The minimum Gasteiger partial charge on any atom is -0.469 e. The molecule has 18 heavy (non-hydrogen) atoms. The maximum atomic E-state index is 10.8. The topological polar surface area (TPSA) is 52.6 Å². The molecule has 0 amide bonds. The second-order valence-electron chi connectivity index (χ2n) is 3.91. The number of benzene rings is 1. The molecule has 1 heterocycles. The Labute approximate surface area is 107 Å². The van der Waals surface area contributed by atoms with Gasteiger partial charge < -0.3 is 9.47 Å². The Morgan fingerprint density at radius 3 is 2.72 bits per heavy atom. The summed E-state index contributed by atoms with van der Waals surface area (Å²) in [7, 11) is 1.41. The summed E-state index contributed by atoms with van der Waals surface area (Å²) in [6.07, 6.45) is 2.55. The number of methoxy groups -OCH3 is 1. The third kappa shape index (κ3) is 4.20. The van der Waals surface area contributed by atoms with Gasteiger partial charge in [0.1, 0.15) is 6.61 Å². The number of fused-ring (bicyclic) bond motifs is 1. The van der Waals surface area contributed by atoms with Gasteiger partial charge in [-0.3, -0.25) is 4.79 Å². The van der Waals surface area contributed by atoms with Gasteiger partial charge in [-0.25, -0.2) is 4.79 Å². The second-order valence-corrected chi connectivity index (χ2v) is 3.91. The Balaban J connectivity index is 0.000000187. The summed E-state index contributed by atoms with van der Waals surface area (Å²) < 4.78 is 9.20. The summed E-state index contributed by atoms with van der Waals surface area (Å²) in [5.41, 5.74) is 1.70. The Morgan fingerprint density at radius 1 is 1.39 bits per heavy atom. The van der Waals surface area contributed by atoms with Crippen LogP contribution in [0.5, 0.6) is 0 Å². The number of carbonyl (C=O) groups excluding carboxylic acids is 2. The molecule has 0 saturated carbocycles. The molecule has 0 atom stereocenters. The van der Waals surface area contributed by atoms with Crippen LogP contribution in [-0.2, 0) is 20.9 Å². The molecule has 4 heteroatoms. The SMILES string of the molecule is CCCCC(=O)OC.O=C1OCc2ccccc21. The van der Waals surface area contributed by atoms with Crippen molar-refractivity contribution < 1.29 is 19.1 Å². The van der Waals surface area contributed by atoms with Crippen LogP contribution in [0.1, 0.15) is 42.1 Å². The fraction of sp³-hybridized carbons (Fsp3) is 0.429. The summed E-state index contributed by atoms with van der Waals surface area (Å²) in [6.45, 7) is 2.48. The fourth-order valence-corrected chi connectivity index (χ4v) is 1.49. The van der Waals surface area contributed by atoms with Gasteiger partial charge in [0.05, 0.1) is 12.7 Å². The molecule has 0 spiro atoms. The first-order valence-corrected chi connectivity index (χ1v) is 6.00. The molecule has 1 aliphatic heterocycles. The van der Waals surface area contributed by atoms with Crippen molar-refractivity contribution in [3.63, 3.8) is 0 Å². The van der Waals surface area contributed by atoms with Crippen molar-refractivity contribution in [1.82, 2.24) is 0 Å². The predicted molar refractivity (Wildman–Crippen MR) is 67.1 cm³/mol. The molecule has 0 fully saturated rings. The fourth-order valence-electron chi connectivity index (χ4n) is 1.49. The predicted octanol–water partition coefficient (Wildman–Crippen LogP) is 2.71. The van der Waals surface area contributed by atoms with E-state index in [9.17, 15) is 9.59 Å². The number of ether oxygens (including phenoxy) is 2.